The maximum atomic E-state index is 12.3. The van der Waals surface area contributed by atoms with Gasteiger partial charge in [-0.2, -0.15) is 0 Å². The summed E-state index contributed by atoms with van der Waals surface area (Å²) >= 11 is 0. The van der Waals surface area contributed by atoms with Crippen LogP contribution in [0.25, 0.3) is 0 Å². The number of aromatic hydroxyl groups is 1. The average molecular weight is 257 g/mol. The van der Waals surface area contributed by atoms with Crippen LogP contribution >= 0.6 is 0 Å². The van der Waals surface area contributed by atoms with Crippen molar-refractivity contribution in [1.82, 2.24) is 14.9 Å². The van der Waals surface area contributed by atoms with Gasteiger partial charge in [-0.25, -0.2) is 4.98 Å². The smallest absolute Gasteiger partial charge is 0.257 e. The van der Waals surface area contributed by atoms with Gasteiger partial charge in [-0.15, -0.1) is 0 Å². The van der Waals surface area contributed by atoms with Gasteiger partial charge in [-0.1, -0.05) is 12.1 Å². The molecule has 5 nitrogen and oxygen atoms in total. The minimum atomic E-state index is 0.0413. The number of hydrogen-bond donors (Lipinski definition) is 2. The molecule has 5 heteroatoms. The predicted molar refractivity (Wildman–Crippen MR) is 71.1 cm³/mol. The molecule has 1 aromatic heterocycles. The molecule has 19 heavy (non-hydrogen) atoms. The summed E-state index contributed by atoms with van der Waals surface area (Å²) in [5, 5.41) is 12.5. The van der Waals surface area contributed by atoms with Crippen LogP contribution in [0.2, 0.25) is 0 Å². The van der Waals surface area contributed by atoms with E-state index in [1.54, 1.807) is 23.0 Å². The van der Waals surface area contributed by atoms with Crippen molar-refractivity contribution in [2.24, 2.45) is 0 Å². The van der Waals surface area contributed by atoms with Crippen molar-refractivity contribution in [3.63, 3.8) is 0 Å². The fourth-order valence-corrected chi connectivity index (χ4v) is 2.30. The summed E-state index contributed by atoms with van der Waals surface area (Å²) in [4.78, 5) is 16.7. The number of fused-ring (bicyclic) bond motifs is 1. The van der Waals surface area contributed by atoms with Gasteiger partial charge in [0.1, 0.15) is 5.75 Å². The third kappa shape index (κ3) is 2.37. The Balaban J connectivity index is 1.93. The highest BCUT2D eigenvalue weighted by Crippen LogP contribution is 2.11. The lowest BCUT2D eigenvalue weighted by atomic mass is 10.1. The van der Waals surface area contributed by atoms with Gasteiger partial charge in [-0.3, -0.25) is 9.36 Å². The van der Waals surface area contributed by atoms with Crippen molar-refractivity contribution >= 4 is 0 Å². The molecule has 1 aliphatic heterocycles. The Morgan fingerprint density at radius 3 is 2.89 bits per heavy atom. The van der Waals surface area contributed by atoms with Crippen LogP contribution in [-0.4, -0.2) is 21.2 Å². The monoisotopic (exact) mass is 257 g/mol. The minimum absolute atomic E-state index is 0.0413. The maximum absolute atomic E-state index is 12.3. The molecule has 0 spiro atoms. The molecule has 1 aromatic carbocycles. The first kappa shape index (κ1) is 11.9. The van der Waals surface area contributed by atoms with E-state index in [0.717, 1.165) is 29.8 Å². The normalized spacial score (nSPS) is 14.1. The van der Waals surface area contributed by atoms with Gasteiger partial charge in [0, 0.05) is 12.1 Å². The third-order valence-electron chi connectivity index (χ3n) is 3.35. The van der Waals surface area contributed by atoms with Crippen LogP contribution in [-0.2, 0) is 19.5 Å². The van der Waals surface area contributed by atoms with Crippen molar-refractivity contribution < 1.29 is 5.11 Å². The number of rotatable bonds is 2. The van der Waals surface area contributed by atoms with Crippen LogP contribution in [0.15, 0.2) is 35.4 Å². The number of phenolic OH excluding ortho intramolecular Hbond substituents is 1. The van der Waals surface area contributed by atoms with E-state index >= 15 is 0 Å². The Hall–Kier alpha value is -2.14. The van der Waals surface area contributed by atoms with E-state index in [1.807, 2.05) is 12.1 Å². The van der Waals surface area contributed by atoms with E-state index < -0.39 is 0 Å². The molecule has 0 fully saturated rings. The van der Waals surface area contributed by atoms with Gasteiger partial charge in [0.2, 0.25) is 0 Å². The molecule has 2 aromatic rings. The van der Waals surface area contributed by atoms with Crippen molar-refractivity contribution in [1.29, 1.82) is 0 Å². The molecule has 0 radical (unpaired) electrons. The molecular formula is C14H15N3O2. The fraction of sp³-hybridized carbons (Fsp3) is 0.286. The summed E-state index contributed by atoms with van der Waals surface area (Å²) in [6.07, 6.45) is 2.33. The molecule has 0 saturated heterocycles. The van der Waals surface area contributed by atoms with Crippen molar-refractivity contribution in [3.05, 3.63) is 57.8 Å². The summed E-state index contributed by atoms with van der Waals surface area (Å²) < 4.78 is 1.62. The summed E-state index contributed by atoms with van der Waals surface area (Å²) in [6, 6.07) is 6.86. The molecule has 0 aliphatic carbocycles. The third-order valence-corrected chi connectivity index (χ3v) is 3.35. The summed E-state index contributed by atoms with van der Waals surface area (Å²) in [7, 11) is 0. The van der Waals surface area contributed by atoms with E-state index in [9.17, 15) is 9.90 Å². The van der Waals surface area contributed by atoms with Gasteiger partial charge in [0.05, 0.1) is 18.6 Å². The second-order valence-electron chi connectivity index (χ2n) is 4.70. The Morgan fingerprint density at radius 1 is 1.32 bits per heavy atom. The van der Waals surface area contributed by atoms with Gasteiger partial charge in [-0.05, 0) is 30.7 Å². The lowest BCUT2D eigenvalue weighted by Gasteiger charge is -2.16. The first-order valence-corrected chi connectivity index (χ1v) is 6.30. The Kier molecular flexibility index (Phi) is 3.05. The Morgan fingerprint density at radius 2 is 2.11 bits per heavy atom. The van der Waals surface area contributed by atoms with E-state index in [-0.39, 0.29) is 11.3 Å². The second-order valence-corrected chi connectivity index (χ2v) is 4.70. The lowest BCUT2D eigenvalue weighted by molar-refractivity contribution is 0.475. The molecule has 0 saturated carbocycles. The molecular weight excluding hydrogens is 242 g/mol. The SMILES string of the molecule is O=c1c2c(ncn1Cc1ccc(O)cc1)CNCC2. The summed E-state index contributed by atoms with van der Waals surface area (Å²) in [5.41, 5.74) is 2.69. The number of hydrogen-bond acceptors (Lipinski definition) is 4. The molecule has 2 heterocycles. The molecule has 1 aliphatic rings. The highest BCUT2D eigenvalue weighted by atomic mass is 16.3. The molecule has 0 bridgehead atoms. The second kappa shape index (κ2) is 4.85. The minimum Gasteiger partial charge on any atom is -0.508 e. The molecule has 0 amide bonds. The largest absolute Gasteiger partial charge is 0.508 e. The zero-order valence-electron chi connectivity index (χ0n) is 10.5. The summed E-state index contributed by atoms with van der Waals surface area (Å²) in [6.45, 7) is 1.98. The van der Waals surface area contributed by atoms with E-state index in [1.165, 1.54) is 0 Å². The molecule has 98 valence electrons. The maximum Gasteiger partial charge on any atom is 0.257 e. The molecule has 2 N–H and O–H groups in total. The first-order chi connectivity index (χ1) is 9.24. The van der Waals surface area contributed by atoms with E-state index in [2.05, 4.69) is 10.3 Å². The zero-order valence-corrected chi connectivity index (χ0v) is 10.5. The van der Waals surface area contributed by atoms with Crippen molar-refractivity contribution in [2.45, 2.75) is 19.5 Å². The van der Waals surface area contributed by atoms with Gasteiger partial charge < -0.3 is 10.4 Å². The van der Waals surface area contributed by atoms with Crippen molar-refractivity contribution in [2.75, 3.05) is 6.54 Å². The van der Waals surface area contributed by atoms with Crippen LogP contribution in [0.4, 0.5) is 0 Å². The van der Waals surface area contributed by atoms with Gasteiger partial charge in [0.15, 0.2) is 0 Å². The van der Waals surface area contributed by atoms with E-state index in [0.29, 0.717) is 13.1 Å². The van der Waals surface area contributed by atoms with E-state index in [4.69, 9.17) is 0 Å². The lowest BCUT2D eigenvalue weighted by Crippen LogP contribution is -2.34. The first-order valence-electron chi connectivity index (χ1n) is 6.30. The fourth-order valence-electron chi connectivity index (χ4n) is 2.30. The standard InChI is InChI=1S/C14H15N3O2/c18-11-3-1-10(2-4-11)8-17-9-16-13-7-15-6-5-12(13)14(17)19/h1-4,9,15,18H,5-8H2. The zero-order chi connectivity index (χ0) is 13.2. The van der Waals surface area contributed by atoms with Gasteiger partial charge >= 0.3 is 0 Å². The van der Waals surface area contributed by atoms with Crippen LogP contribution in [0.5, 0.6) is 5.75 Å². The topological polar surface area (TPSA) is 67.2 Å². The number of nitrogens with zero attached hydrogens (tertiary/aromatic N) is 2. The van der Waals surface area contributed by atoms with Crippen LogP contribution in [0, 0.1) is 0 Å². The van der Waals surface area contributed by atoms with Crippen LogP contribution in [0.1, 0.15) is 16.8 Å². The average Bonchev–Trinajstić information content (AvgIpc) is 2.45. The van der Waals surface area contributed by atoms with Crippen LogP contribution < -0.4 is 10.9 Å². The quantitative estimate of drug-likeness (QED) is 0.828. The Labute approximate surface area is 110 Å². The number of phenols is 1. The van der Waals surface area contributed by atoms with Crippen LogP contribution in [0.3, 0.4) is 0 Å². The van der Waals surface area contributed by atoms with Crippen molar-refractivity contribution in [3.8, 4) is 5.75 Å². The highest BCUT2D eigenvalue weighted by Gasteiger charge is 2.15. The number of benzene rings is 1. The molecule has 0 unspecified atom stereocenters. The predicted octanol–water partition coefficient (Wildman–Crippen LogP) is 0.643. The number of nitrogens with one attached hydrogen (secondary N) is 1. The highest BCUT2D eigenvalue weighted by molar-refractivity contribution is 5.26. The van der Waals surface area contributed by atoms with Gasteiger partial charge in [0.25, 0.3) is 5.56 Å². The molecule has 0 atom stereocenters. The Bertz CT molecular complexity index is 647. The molecule has 3 rings (SSSR count). The number of aromatic nitrogens is 2. The summed E-state index contributed by atoms with van der Waals surface area (Å²) in [5.74, 6) is 0.228.